The largest absolute Gasteiger partial charge is 0.348 e. The molecule has 0 aromatic carbocycles. The minimum Gasteiger partial charge on any atom is -0.348 e. The molecule has 0 bridgehead atoms. The third-order valence-corrected chi connectivity index (χ3v) is 2.08. The van der Waals surface area contributed by atoms with Crippen LogP contribution in [0.3, 0.4) is 0 Å². The summed E-state index contributed by atoms with van der Waals surface area (Å²) in [5, 5.41) is 2.80. The van der Waals surface area contributed by atoms with Crippen LogP contribution in [0.1, 0.15) is 19.3 Å². The average molecular weight is 154 g/mol. The predicted octanol–water partition coefficient (Wildman–Crippen LogP) is 0.168. The predicted molar refractivity (Wildman–Crippen MR) is 44.0 cm³/mol. The van der Waals surface area contributed by atoms with E-state index < -0.39 is 0 Å². The van der Waals surface area contributed by atoms with Gasteiger partial charge in [0.25, 0.3) is 0 Å². The number of amides is 1. The van der Waals surface area contributed by atoms with Crippen LogP contribution in [0, 0.1) is 0 Å². The van der Waals surface area contributed by atoms with Crippen molar-refractivity contribution in [2.75, 3.05) is 0 Å². The van der Waals surface area contributed by atoms with Gasteiger partial charge in [-0.05, 0) is 25.3 Å². The van der Waals surface area contributed by atoms with Gasteiger partial charge in [-0.15, -0.1) is 0 Å². The number of rotatable bonds is 2. The van der Waals surface area contributed by atoms with Crippen LogP contribution in [0.5, 0.6) is 0 Å². The Hall–Kier alpha value is -0.830. The van der Waals surface area contributed by atoms with Gasteiger partial charge in [0, 0.05) is 12.1 Å². The van der Waals surface area contributed by atoms with Crippen molar-refractivity contribution < 1.29 is 4.79 Å². The molecule has 1 fully saturated rings. The Labute approximate surface area is 66.6 Å². The summed E-state index contributed by atoms with van der Waals surface area (Å²) in [7, 11) is 0. The van der Waals surface area contributed by atoms with Crippen molar-refractivity contribution in [1.82, 2.24) is 5.32 Å². The molecule has 0 saturated heterocycles. The molecule has 1 rings (SSSR count). The minimum absolute atomic E-state index is 0.118. The summed E-state index contributed by atoms with van der Waals surface area (Å²) in [5.41, 5.74) is 5.73. The minimum atomic E-state index is -0.118. The van der Waals surface area contributed by atoms with Gasteiger partial charge in [0.1, 0.15) is 0 Å². The van der Waals surface area contributed by atoms with Gasteiger partial charge < -0.3 is 11.1 Å². The zero-order valence-corrected chi connectivity index (χ0v) is 6.55. The van der Waals surface area contributed by atoms with Gasteiger partial charge in [-0.1, -0.05) is 6.58 Å². The number of carbonyl (C=O) groups is 1. The lowest BCUT2D eigenvalue weighted by Crippen LogP contribution is -2.43. The van der Waals surface area contributed by atoms with E-state index in [1.807, 2.05) is 0 Å². The van der Waals surface area contributed by atoms with E-state index in [-0.39, 0.29) is 18.0 Å². The lowest BCUT2D eigenvalue weighted by molar-refractivity contribution is -0.117. The van der Waals surface area contributed by atoms with E-state index in [0.717, 1.165) is 19.3 Å². The van der Waals surface area contributed by atoms with Crippen LogP contribution >= 0.6 is 0 Å². The van der Waals surface area contributed by atoms with Gasteiger partial charge in [0.15, 0.2) is 0 Å². The number of carbonyl (C=O) groups excluding carboxylic acids is 1. The van der Waals surface area contributed by atoms with E-state index in [0.29, 0.717) is 0 Å². The molecule has 3 N–H and O–H groups in total. The van der Waals surface area contributed by atoms with Crippen LogP contribution in [0.2, 0.25) is 0 Å². The Morgan fingerprint density at radius 1 is 1.64 bits per heavy atom. The second-order valence-corrected chi connectivity index (χ2v) is 2.91. The molecule has 0 spiro atoms. The Morgan fingerprint density at radius 3 is 2.82 bits per heavy atom. The van der Waals surface area contributed by atoms with Gasteiger partial charge in [-0.25, -0.2) is 0 Å². The van der Waals surface area contributed by atoms with Crippen molar-refractivity contribution in [2.24, 2.45) is 5.73 Å². The Balaban J connectivity index is 2.36. The third kappa shape index (κ3) is 2.05. The van der Waals surface area contributed by atoms with Gasteiger partial charge in [0.2, 0.25) is 5.91 Å². The maximum Gasteiger partial charge on any atom is 0.243 e. The van der Waals surface area contributed by atoms with E-state index in [2.05, 4.69) is 11.9 Å². The highest BCUT2D eigenvalue weighted by Crippen LogP contribution is 2.16. The van der Waals surface area contributed by atoms with Crippen molar-refractivity contribution in [3.63, 3.8) is 0 Å². The first kappa shape index (κ1) is 8.27. The first-order valence-electron chi connectivity index (χ1n) is 3.92. The van der Waals surface area contributed by atoms with Crippen LogP contribution in [-0.4, -0.2) is 18.0 Å². The molecule has 1 aliphatic carbocycles. The standard InChI is InChI=1S/C8H14N2O/c1-2-8(11)10-7-5-3-4-6(7)9/h2,6-7H,1,3-5,9H2,(H,10,11)/t6-,7-/m0/s1. The fraction of sp³-hybridized carbons (Fsp3) is 0.625. The summed E-state index contributed by atoms with van der Waals surface area (Å²) >= 11 is 0. The number of nitrogens with two attached hydrogens (primary N) is 1. The zero-order valence-electron chi connectivity index (χ0n) is 6.55. The van der Waals surface area contributed by atoms with E-state index >= 15 is 0 Å². The fourth-order valence-electron chi connectivity index (χ4n) is 1.41. The summed E-state index contributed by atoms with van der Waals surface area (Å²) in [6.45, 7) is 3.37. The molecule has 3 heteroatoms. The number of hydrogen-bond acceptors (Lipinski definition) is 2. The molecule has 1 saturated carbocycles. The van der Waals surface area contributed by atoms with Crippen LogP contribution in [0.25, 0.3) is 0 Å². The van der Waals surface area contributed by atoms with Crippen molar-refractivity contribution in [1.29, 1.82) is 0 Å². The SMILES string of the molecule is C=CC(=O)N[C@H]1CCC[C@@H]1N. The Morgan fingerprint density at radius 2 is 2.36 bits per heavy atom. The first-order chi connectivity index (χ1) is 5.24. The number of hydrogen-bond donors (Lipinski definition) is 2. The van der Waals surface area contributed by atoms with Crippen molar-refractivity contribution in [3.05, 3.63) is 12.7 Å². The molecule has 0 aromatic rings. The molecular weight excluding hydrogens is 140 g/mol. The zero-order chi connectivity index (χ0) is 8.27. The van der Waals surface area contributed by atoms with Gasteiger partial charge in [-0.2, -0.15) is 0 Å². The lowest BCUT2D eigenvalue weighted by Gasteiger charge is -2.15. The van der Waals surface area contributed by atoms with Crippen molar-refractivity contribution in [2.45, 2.75) is 31.3 Å². The molecule has 0 aliphatic heterocycles. The fourth-order valence-corrected chi connectivity index (χ4v) is 1.41. The molecule has 0 unspecified atom stereocenters. The quantitative estimate of drug-likeness (QED) is 0.557. The molecule has 1 amide bonds. The van der Waals surface area contributed by atoms with E-state index in [4.69, 9.17) is 5.73 Å². The highest BCUT2D eigenvalue weighted by molar-refractivity contribution is 5.87. The Kier molecular flexibility index (Phi) is 2.65. The summed E-state index contributed by atoms with van der Waals surface area (Å²) in [5.74, 6) is -0.118. The summed E-state index contributed by atoms with van der Waals surface area (Å²) in [6, 6.07) is 0.305. The lowest BCUT2D eigenvalue weighted by atomic mass is 10.2. The molecule has 0 radical (unpaired) electrons. The maximum absolute atomic E-state index is 10.8. The molecule has 0 heterocycles. The average Bonchev–Trinajstić information content (AvgIpc) is 2.37. The van der Waals surface area contributed by atoms with Crippen LogP contribution < -0.4 is 11.1 Å². The maximum atomic E-state index is 10.8. The molecule has 62 valence electrons. The van der Waals surface area contributed by atoms with E-state index in [1.54, 1.807) is 0 Å². The summed E-state index contributed by atoms with van der Waals surface area (Å²) < 4.78 is 0. The van der Waals surface area contributed by atoms with Crippen molar-refractivity contribution >= 4 is 5.91 Å². The molecule has 11 heavy (non-hydrogen) atoms. The van der Waals surface area contributed by atoms with Crippen molar-refractivity contribution in [3.8, 4) is 0 Å². The molecule has 0 aromatic heterocycles. The van der Waals surface area contributed by atoms with E-state index in [9.17, 15) is 4.79 Å². The highest BCUT2D eigenvalue weighted by Gasteiger charge is 2.24. The van der Waals surface area contributed by atoms with Gasteiger partial charge in [-0.3, -0.25) is 4.79 Å². The third-order valence-electron chi connectivity index (χ3n) is 2.08. The topological polar surface area (TPSA) is 55.1 Å². The molecule has 2 atom stereocenters. The molecule has 1 aliphatic rings. The van der Waals surface area contributed by atoms with Crippen LogP contribution in [-0.2, 0) is 4.79 Å². The highest BCUT2D eigenvalue weighted by atomic mass is 16.1. The summed E-state index contributed by atoms with van der Waals surface area (Å²) in [4.78, 5) is 10.8. The second kappa shape index (κ2) is 3.53. The second-order valence-electron chi connectivity index (χ2n) is 2.91. The normalized spacial score (nSPS) is 29.9. The molecule has 3 nitrogen and oxygen atoms in total. The van der Waals surface area contributed by atoms with Gasteiger partial charge in [0.05, 0.1) is 0 Å². The summed E-state index contributed by atoms with van der Waals surface area (Å²) in [6.07, 6.45) is 4.41. The van der Waals surface area contributed by atoms with Gasteiger partial charge >= 0.3 is 0 Å². The Bertz CT molecular complexity index is 167. The monoisotopic (exact) mass is 154 g/mol. The molecular formula is C8H14N2O. The van der Waals surface area contributed by atoms with Crippen LogP contribution in [0.4, 0.5) is 0 Å². The smallest absolute Gasteiger partial charge is 0.243 e. The first-order valence-corrected chi connectivity index (χ1v) is 3.92. The number of nitrogens with one attached hydrogen (secondary N) is 1. The van der Waals surface area contributed by atoms with Crippen LogP contribution in [0.15, 0.2) is 12.7 Å². The van der Waals surface area contributed by atoms with E-state index in [1.165, 1.54) is 6.08 Å².